The topological polar surface area (TPSA) is 49.4 Å². The zero-order valence-electron chi connectivity index (χ0n) is 15.7. The molecule has 0 saturated carbocycles. The minimum atomic E-state index is -0.287. The third-order valence-corrected chi connectivity index (χ3v) is 5.31. The molecule has 1 aliphatic heterocycles. The van der Waals surface area contributed by atoms with Gasteiger partial charge in [-0.2, -0.15) is 0 Å². The van der Waals surface area contributed by atoms with Crippen molar-refractivity contribution in [2.24, 2.45) is 5.92 Å². The van der Waals surface area contributed by atoms with Gasteiger partial charge in [-0.3, -0.25) is 9.59 Å². The van der Waals surface area contributed by atoms with Crippen molar-refractivity contribution in [3.8, 4) is 0 Å². The van der Waals surface area contributed by atoms with Gasteiger partial charge in [-0.05, 0) is 42.5 Å². The summed E-state index contributed by atoms with van der Waals surface area (Å²) in [5.74, 6) is -0.0540. The molecule has 0 bridgehead atoms. The molecule has 4 heteroatoms. The van der Waals surface area contributed by atoms with Crippen molar-refractivity contribution in [1.82, 2.24) is 5.32 Å². The average Bonchev–Trinajstić information content (AvgIpc) is 3.04. The Labute approximate surface area is 155 Å². The van der Waals surface area contributed by atoms with Gasteiger partial charge in [0.05, 0.1) is 5.92 Å². The van der Waals surface area contributed by atoms with E-state index in [0.29, 0.717) is 13.1 Å². The summed E-state index contributed by atoms with van der Waals surface area (Å²) in [5, 5.41) is 3.02. The van der Waals surface area contributed by atoms with Crippen LogP contribution in [0.5, 0.6) is 0 Å². The Kier molecular flexibility index (Phi) is 5.40. The van der Waals surface area contributed by atoms with Gasteiger partial charge in [-0.15, -0.1) is 0 Å². The maximum atomic E-state index is 12.6. The highest BCUT2D eigenvalue weighted by atomic mass is 16.2. The number of amides is 2. The van der Waals surface area contributed by atoms with E-state index in [1.807, 2.05) is 50.2 Å². The second-order valence-corrected chi connectivity index (χ2v) is 7.18. The molecule has 1 aliphatic rings. The molecule has 3 rings (SSSR count). The van der Waals surface area contributed by atoms with Gasteiger partial charge in [-0.25, -0.2) is 0 Å². The van der Waals surface area contributed by atoms with Crippen molar-refractivity contribution < 1.29 is 9.59 Å². The van der Waals surface area contributed by atoms with E-state index >= 15 is 0 Å². The molecule has 1 fully saturated rings. The van der Waals surface area contributed by atoms with Gasteiger partial charge in [-0.1, -0.05) is 49.4 Å². The van der Waals surface area contributed by atoms with Gasteiger partial charge in [0.1, 0.15) is 0 Å². The number of carbonyl (C=O) groups excluding carboxylic acids is 2. The Hall–Kier alpha value is -2.62. The number of benzene rings is 2. The summed E-state index contributed by atoms with van der Waals surface area (Å²) >= 11 is 0. The predicted octanol–water partition coefficient (Wildman–Crippen LogP) is 3.58. The lowest BCUT2D eigenvalue weighted by Crippen LogP contribution is -2.35. The molecular weight excluding hydrogens is 324 g/mol. The third-order valence-electron chi connectivity index (χ3n) is 5.31. The van der Waals surface area contributed by atoms with E-state index in [1.54, 1.807) is 4.90 Å². The zero-order valence-corrected chi connectivity index (χ0v) is 15.7. The van der Waals surface area contributed by atoms with Gasteiger partial charge in [0.15, 0.2) is 0 Å². The monoisotopic (exact) mass is 350 g/mol. The van der Waals surface area contributed by atoms with Crippen LogP contribution in [0.25, 0.3) is 0 Å². The molecule has 2 aromatic carbocycles. The molecule has 0 aliphatic carbocycles. The van der Waals surface area contributed by atoms with Gasteiger partial charge < -0.3 is 10.2 Å². The number of hydrogen-bond acceptors (Lipinski definition) is 2. The van der Waals surface area contributed by atoms with Crippen LogP contribution in [-0.2, 0) is 9.59 Å². The second-order valence-electron chi connectivity index (χ2n) is 7.18. The van der Waals surface area contributed by atoms with E-state index in [2.05, 4.69) is 24.4 Å². The Balaban J connectivity index is 1.61. The van der Waals surface area contributed by atoms with Crippen LogP contribution in [0.3, 0.4) is 0 Å². The first kappa shape index (κ1) is 18.2. The summed E-state index contributed by atoms with van der Waals surface area (Å²) in [7, 11) is 0. The highest BCUT2D eigenvalue weighted by Gasteiger charge is 2.35. The first-order chi connectivity index (χ1) is 12.5. The summed E-state index contributed by atoms with van der Waals surface area (Å²) in [4.78, 5) is 26.8. The quantitative estimate of drug-likeness (QED) is 0.896. The van der Waals surface area contributed by atoms with Crippen LogP contribution >= 0.6 is 0 Å². The molecule has 0 spiro atoms. The van der Waals surface area contributed by atoms with Crippen LogP contribution in [0, 0.1) is 19.8 Å². The van der Waals surface area contributed by atoms with E-state index in [9.17, 15) is 9.59 Å². The molecule has 1 heterocycles. The fourth-order valence-corrected chi connectivity index (χ4v) is 3.44. The van der Waals surface area contributed by atoms with Crippen molar-refractivity contribution in [3.63, 3.8) is 0 Å². The number of nitrogens with one attached hydrogen (secondary N) is 1. The van der Waals surface area contributed by atoms with Gasteiger partial charge >= 0.3 is 0 Å². The summed E-state index contributed by atoms with van der Waals surface area (Å²) in [5.41, 5.74) is 4.37. The maximum absolute atomic E-state index is 12.6. The van der Waals surface area contributed by atoms with Crippen LogP contribution in [-0.4, -0.2) is 24.9 Å². The summed E-state index contributed by atoms with van der Waals surface area (Å²) < 4.78 is 0. The van der Waals surface area contributed by atoms with Crippen molar-refractivity contribution in [2.75, 3.05) is 18.0 Å². The third kappa shape index (κ3) is 3.79. The second kappa shape index (κ2) is 7.73. The zero-order chi connectivity index (χ0) is 18.7. The minimum absolute atomic E-state index is 0.0231. The molecule has 1 saturated heterocycles. The molecule has 136 valence electrons. The highest BCUT2D eigenvalue weighted by Crippen LogP contribution is 2.29. The van der Waals surface area contributed by atoms with Gasteiger partial charge in [0, 0.05) is 25.2 Å². The lowest BCUT2D eigenvalue weighted by atomic mass is 10.0. The van der Waals surface area contributed by atoms with Crippen LogP contribution in [0.2, 0.25) is 0 Å². The van der Waals surface area contributed by atoms with Crippen LogP contribution in [0.15, 0.2) is 48.5 Å². The van der Waals surface area contributed by atoms with Crippen molar-refractivity contribution in [2.45, 2.75) is 33.1 Å². The van der Waals surface area contributed by atoms with E-state index in [-0.39, 0.29) is 30.1 Å². The summed E-state index contributed by atoms with van der Waals surface area (Å²) in [6.07, 6.45) is 0.277. The first-order valence-corrected chi connectivity index (χ1v) is 9.16. The minimum Gasteiger partial charge on any atom is -0.355 e. The Morgan fingerprint density at radius 2 is 1.88 bits per heavy atom. The van der Waals surface area contributed by atoms with Gasteiger partial charge in [0.2, 0.25) is 11.8 Å². The lowest BCUT2D eigenvalue weighted by molar-refractivity contribution is -0.126. The Morgan fingerprint density at radius 3 is 2.62 bits per heavy atom. The van der Waals surface area contributed by atoms with Crippen LogP contribution < -0.4 is 10.2 Å². The lowest BCUT2D eigenvalue weighted by Gasteiger charge is -2.20. The SMILES string of the molecule is Cc1cccc(N2C[C@H](C(=O)NC[C@H](C)c3ccccc3)CC2=O)c1C. The molecule has 4 nitrogen and oxygen atoms in total. The largest absolute Gasteiger partial charge is 0.355 e. The molecule has 26 heavy (non-hydrogen) atoms. The molecule has 0 radical (unpaired) electrons. The van der Waals surface area contributed by atoms with Crippen LogP contribution in [0.4, 0.5) is 5.69 Å². The van der Waals surface area contributed by atoms with Gasteiger partial charge in [0.25, 0.3) is 0 Å². The number of rotatable bonds is 5. The fraction of sp³-hybridized carbons (Fsp3) is 0.364. The molecule has 2 amide bonds. The van der Waals surface area contributed by atoms with Crippen molar-refractivity contribution >= 4 is 17.5 Å². The predicted molar refractivity (Wildman–Crippen MR) is 104 cm³/mol. The Bertz CT molecular complexity index is 801. The number of nitrogens with zero attached hydrogens (tertiary/aromatic N) is 1. The summed E-state index contributed by atoms with van der Waals surface area (Å²) in [6, 6.07) is 16.1. The van der Waals surface area contributed by atoms with E-state index in [0.717, 1.165) is 16.8 Å². The van der Waals surface area contributed by atoms with Crippen molar-refractivity contribution in [3.05, 3.63) is 65.2 Å². The summed E-state index contributed by atoms with van der Waals surface area (Å²) in [6.45, 7) is 7.19. The molecule has 1 N–H and O–H groups in total. The van der Waals surface area contributed by atoms with E-state index in [1.165, 1.54) is 5.56 Å². The van der Waals surface area contributed by atoms with Crippen LogP contribution in [0.1, 0.15) is 36.0 Å². The fourth-order valence-electron chi connectivity index (χ4n) is 3.44. The molecule has 0 aromatic heterocycles. The Morgan fingerprint density at radius 1 is 1.15 bits per heavy atom. The average molecular weight is 350 g/mol. The van der Waals surface area contributed by atoms with E-state index < -0.39 is 0 Å². The van der Waals surface area contributed by atoms with Crippen molar-refractivity contribution in [1.29, 1.82) is 0 Å². The molecule has 0 unspecified atom stereocenters. The first-order valence-electron chi connectivity index (χ1n) is 9.16. The van der Waals surface area contributed by atoms with E-state index in [4.69, 9.17) is 0 Å². The highest BCUT2D eigenvalue weighted by molar-refractivity contribution is 6.00. The standard InChI is InChI=1S/C22H26N2O2/c1-15-8-7-11-20(17(15)3)24-14-19(12-21(24)25)22(26)23-13-16(2)18-9-5-4-6-10-18/h4-11,16,19H,12-14H2,1-3H3,(H,23,26)/t16-,19+/m0/s1. The molecule has 2 aromatic rings. The number of aryl methyl sites for hydroxylation is 1. The number of carbonyl (C=O) groups is 2. The normalized spacial score (nSPS) is 18.0. The molecule has 2 atom stereocenters. The smallest absolute Gasteiger partial charge is 0.227 e. The molecular formula is C22H26N2O2. The number of anilines is 1. The number of hydrogen-bond donors (Lipinski definition) is 1. The maximum Gasteiger partial charge on any atom is 0.227 e.